The van der Waals surface area contributed by atoms with E-state index in [1.165, 1.54) is 11.8 Å². The highest BCUT2D eigenvalue weighted by molar-refractivity contribution is 8.26. The van der Waals surface area contributed by atoms with Gasteiger partial charge >= 0.3 is 0 Å². The third-order valence-corrected chi connectivity index (χ3v) is 5.01. The summed E-state index contributed by atoms with van der Waals surface area (Å²) in [6.07, 6.45) is 3.93. The van der Waals surface area contributed by atoms with Crippen LogP contribution in [-0.2, 0) is 4.79 Å². The molecule has 6 heteroatoms. The minimum Gasteiger partial charge on any atom is -0.493 e. The van der Waals surface area contributed by atoms with Crippen LogP contribution in [0.15, 0.2) is 23.1 Å². The first kappa shape index (κ1) is 19.8. The van der Waals surface area contributed by atoms with E-state index in [0.29, 0.717) is 21.6 Å². The van der Waals surface area contributed by atoms with Crippen molar-refractivity contribution >= 4 is 40.3 Å². The quantitative estimate of drug-likeness (QED) is 0.400. The molecule has 1 aromatic rings. The Morgan fingerprint density at radius 1 is 1.28 bits per heavy atom. The van der Waals surface area contributed by atoms with Gasteiger partial charge in [0.25, 0.3) is 5.91 Å². The van der Waals surface area contributed by atoms with Crippen LogP contribution in [0.25, 0.3) is 6.08 Å². The number of hydrogen-bond acceptors (Lipinski definition) is 5. The molecule has 0 N–H and O–H groups in total. The number of benzene rings is 1. The van der Waals surface area contributed by atoms with Crippen molar-refractivity contribution in [1.29, 1.82) is 0 Å². The van der Waals surface area contributed by atoms with Crippen molar-refractivity contribution in [2.75, 3.05) is 13.7 Å². The molecule has 1 aliphatic rings. The SMILES string of the molecule is CCCCOc1ccc(C=C2SC(=S)N(C(C)(C)C)C2=O)cc1OC. The van der Waals surface area contributed by atoms with E-state index in [1.807, 2.05) is 45.0 Å². The number of carbonyl (C=O) groups excluding carboxylic acids is 1. The molecule has 4 nitrogen and oxygen atoms in total. The Bertz CT molecular complexity index is 692. The number of nitrogens with zero attached hydrogens (tertiary/aromatic N) is 1. The van der Waals surface area contributed by atoms with E-state index in [2.05, 4.69) is 6.92 Å². The molecule has 2 rings (SSSR count). The lowest BCUT2D eigenvalue weighted by Gasteiger charge is -2.30. The number of ether oxygens (including phenoxy) is 2. The predicted octanol–water partition coefficient (Wildman–Crippen LogP) is 4.87. The highest BCUT2D eigenvalue weighted by atomic mass is 32.2. The zero-order chi connectivity index (χ0) is 18.6. The minimum atomic E-state index is -0.328. The molecule has 1 aromatic carbocycles. The standard InChI is InChI=1S/C19H25NO3S2/c1-6-7-10-23-14-9-8-13(11-15(14)22-5)12-16-17(21)20(18(24)25-16)19(2,3)4/h8-9,11-12H,6-7,10H2,1-5H3. The summed E-state index contributed by atoms with van der Waals surface area (Å²) in [5.41, 5.74) is 0.555. The van der Waals surface area contributed by atoms with Crippen LogP contribution in [0.5, 0.6) is 11.5 Å². The Kier molecular flexibility index (Phi) is 6.52. The Balaban J connectivity index is 2.23. The zero-order valence-electron chi connectivity index (χ0n) is 15.4. The first-order valence-corrected chi connectivity index (χ1v) is 9.59. The number of unbranched alkanes of at least 4 members (excludes halogenated alkanes) is 1. The molecule has 136 valence electrons. The van der Waals surface area contributed by atoms with Crippen LogP contribution in [0.3, 0.4) is 0 Å². The molecule has 1 amide bonds. The van der Waals surface area contributed by atoms with Gasteiger partial charge in [-0.25, -0.2) is 0 Å². The fraction of sp³-hybridized carbons (Fsp3) is 0.474. The van der Waals surface area contributed by atoms with E-state index >= 15 is 0 Å². The smallest absolute Gasteiger partial charge is 0.266 e. The van der Waals surface area contributed by atoms with E-state index in [9.17, 15) is 4.79 Å². The van der Waals surface area contributed by atoms with Crippen molar-refractivity contribution in [2.45, 2.75) is 46.1 Å². The van der Waals surface area contributed by atoms with Gasteiger partial charge in [0.2, 0.25) is 0 Å². The van der Waals surface area contributed by atoms with Crippen LogP contribution >= 0.6 is 24.0 Å². The van der Waals surface area contributed by atoms with Gasteiger partial charge < -0.3 is 9.47 Å². The second kappa shape index (κ2) is 8.23. The summed E-state index contributed by atoms with van der Waals surface area (Å²) in [5, 5.41) is 0. The lowest BCUT2D eigenvalue weighted by Crippen LogP contribution is -2.44. The highest BCUT2D eigenvalue weighted by Gasteiger charge is 2.39. The summed E-state index contributed by atoms with van der Waals surface area (Å²) in [6, 6.07) is 5.68. The van der Waals surface area contributed by atoms with Crippen molar-refractivity contribution in [3.8, 4) is 11.5 Å². The first-order valence-electron chi connectivity index (χ1n) is 8.36. The summed E-state index contributed by atoms with van der Waals surface area (Å²) >= 11 is 6.71. The maximum atomic E-state index is 12.7. The van der Waals surface area contributed by atoms with Gasteiger partial charge in [0.05, 0.1) is 18.6 Å². The second-order valence-corrected chi connectivity index (χ2v) is 8.48. The normalized spacial score (nSPS) is 16.7. The van der Waals surface area contributed by atoms with E-state index in [-0.39, 0.29) is 11.4 Å². The topological polar surface area (TPSA) is 38.8 Å². The van der Waals surface area contributed by atoms with E-state index < -0.39 is 0 Å². The van der Waals surface area contributed by atoms with Gasteiger partial charge in [-0.1, -0.05) is 43.4 Å². The Morgan fingerprint density at radius 3 is 2.56 bits per heavy atom. The maximum Gasteiger partial charge on any atom is 0.266 e. The molecule has 0 spiro atoms. The molecule has 1 aliphatic heterocycles. The first-order chi connectivity index (χ1) is 11.8. The number of methoxy groups -OCH3 is 1. The van der Waals surface area contributed by atoms with Gasteiger partial charge in [0, 0.05) is 5.54 Å². The third-order valence-electron chi connectivity index (χ3n) is 3.71. The van der Waals surface area contributed by atoms with Crippen LogP contribution < -0.4 is 9.47 Å². The average molecular weight is 380 g/mol. The number of thiocarbonyl (C=S) groups is 1. The van der Waals surface area contributed by atoms with Crippen LogP contribution in [0.2, 0.25) is 0 Å². The van der Waals surface area contributed by atoms with Crippen molar-refractivity contribution in [3.63, 3.8) is 0 Å². The molecule has 0 saturated carbocycles. The lowest BCUT2D eigenvalue weighted by molar-refractivity contribution is -0.125. The number of hydrogen-bond donors (Lipinski definition) is 0. The lowest BCUT2D eigenvalue weighted by atomic mass is 10.1. The zero-order valence-corrected chi connectivity index (χ0v) is 17.1. The van der Waals surface area contributed by atoms with E-state index in [4.69, 9.17) is 21.7 Å². The van der Waals surface area contributed by atoms with Crippen molar-refractivity contribution in [2.24, 2.45) is 0 Å². The van der Waals surface area contributed by atoms with Gasteiger partial charge in [-0.2, -0.15) is 0 Å². The molecule has 0 radical (unpaired) electrons. The highest BCUT2D eigenvalue weighted by Crippen LogP contribution is 2.37. The monoisotopic (exact) mass is 379 g/mol. The van der Waals surface area contributed by atoms with Crippen molar-refractivity contribution in [1.82, 2.24) is 4.90 Å². The molecule has 0 bridgehead atoms. The molecule has 0 aliphatic carbocycles. The summed E-state index contributed by atoms with van der Waals surface area (Å²) in [4.78, 5) is 14.9. The van der Waals surface area contributed by atoms with Crippen molar-refractivity contribution < 1.29 is 14.3 Å². The van der Waals surface area contributed by atoms with Crippen LogP contribution in [-0.4, -0.2) is 34.4 Å². The van der Waals surface area contributed by atoms with Gasteiger partial charge in [-0.3, -0.25) is 9.69 Å². The third kappa shape index (κ3) is 4.76. The van der Waals surface area contributed by atoms with Gasteiger partial charge in [0.15, 0.2) is 11.5 Å². The minimum absolute atomic E-state index is 0.0512. The molecule has 1 saturated heterocycles. The Morgan fingerprint density at radius 2 is 2.00 bits per heavy atom. The number of rotatable bonds is 6. The van der Waals surface area contributed by atoms with E-state index in [1.54, 1.807) is 12.0 Å². The summed E-state index contributed by atoms with van der Waals surface area (Å²) < 4.78 is 11.8. The van der Waals surface area contributed by atoms with E-state index in [0.717, 1.165) is 24.2 Å². The van der Waals surface area contributed by atoms with Crippen LogP contribution in [0.1, 0.15) is 46.1 Å². The van der Waals surface area contributed by atoms with Gasteiger partial charge in [0.1, 0.15) is 4.32 Å². The predicted molar refractivity (Wildman–Crippen MR) is 108 cm³/mol. The fourth-order valence-electron chi connectivity index (χ4n) is 2.42. The number of carbonyl (C=O) groups is 1. The Hall–Kier alpha value is -1.53. The molecule has 1 heterocycles. The second-order valence-electron chi connectivity index (χ2n) is 6.80. The molecule has 0 aromatic heterocycles. The number of thioether (sulfide) groups is 1. The molecule has 0 unspecified atom stereocenters. The van der Waals surface area contributed by atoms with Gasteiger partial charge in [-0.05, 0) is 51.0 Å². The summed E-state index contributed by atoms with van der Waals surface area (Å²) in [6.45, 7) is 8.72. The fourth-order valence-corrected chi connectivity index (χ4v) is 4.05. The molecule has 0 atom stereocenters. The van der Waals surface area contributed by atoms with Gasteiger partial charge in [-0.15, -0.1) is 0 Å². The van der Waals surface area contributed by atoms with Crippen molar-refractivity contribution in [3.05, 3.63) is 28.7 Å². The van der Waals surface area contributed by atoms with Crippen LogP contribution in [0, 0.1) is 0 Å². The molecular formula is C19H25NO3S2. The maximum absolute atomic E-state index is 12.7. The molecule has 1 fully saturated rings. The average Bonchev–Trinajstić information content (AvgIpc) is 2.82. The largest absolute Gasteiger partial charge is 0.493 e. The summed E-state index contributed by atoms with van der Waals surface area (Å²) in [7, 11) is 1.62. The molecule has 25 heavy (non-hydrogen) atoms. The van der Waals surface area contributed by atoms with Crippen LogP contribution in [0.4, 0.5) is 0 Å². The number of amides is 1. The summed E-state index contributed by atoms with van der Waals surface area (Å²) in [5.74, 6) is 1.33. The molecular weight excluding hydrogens is 354 g/mol. The Labute approximate surface area is 159 Å².